The van der Waals surface area contributed by atoms with Crippen LogP contribution in [0.4, 0.5) is 5.69 Å². The average Bonchev–Trinajstić information content (AvgIpc) is 3.58. The Balaban J connectivity index is 1.69. The number of carbonyl (C=O) groups excluding carboxylic acids is 2. The van der Waals surface area contributed by atoms with Crippen LogP contribution in [0.2, 0.25) is 0 Å². The third-order valence-electron chi connectivity index (χ3n) is 6.40. The van der Waals surface area contributed by atoms with Crippen molar-refractivity contribution in [1.82, 2.24) is 14.9 Å². The number of anilines is 1. The maximum Gasteiger partial charge on any atom is 0.351 e. The monoisotopic (exact) mass is 682 g/mol. The molecule has 11 nitrogen and oxygen atoms in total. The first-order valence-electron chi connectivity index (χ1n) is 13.4. The zero-order chi connectivity index (χ0) is 30.5. The minimum Gasteiger partial charge on any atom is -0.479 e. The minimum atomic E-state index is -3.72. The van der Waals surface area contributed by atoms with E-state index >= 15 is 0 Å². The Labute approximate surface area is 258 Å². The van der Waals surface area contributed by atoms with Crippen molar-refractivity contribution in [2.45, 2.75) is 51.8 Å². The average molecular weight is 684 g/mol. The summed E-state index contributed by atoms with van der Waals surface area (Å²) in [5.41, 5.74) is 0.509. The van der Waals surface area contributed by atoms with Crippen molar-refractivity contribution in [1.29, 1.82) is 0 Å². The lowest BCUT2D eigenvalue weighted by Gasteiger charge is -2.35. The number of nitrogens with one attached hydrogen (secondary N) is 1. The number of piperidine rings is 1. The van der Waals surface area contributed by atoms with E-state index in [0.29, 0.717) is 33.4 Å². The Morgan fingerprint density at radius 2 is 1.98 bits per heavy atom. The van der Waals surface area contributed by atoms with Crippen LogP contribution in [0.5, 0.6) is 5.75 Å². The lowest BCUT2D eigenvalue weighted by Crippen LogP contribution is -2.47. The van der Waals surface area contributed by atoms with E-state index in [1.807, 2.05) is 6.07 Å². The van der Waals surface area contributed by atoms with Gasteiger partial charge in [0.2, 0.25) is 10.0 Å². The van der Waals surface area contributed by atoms with E-state index in [1.165, 1.54) is 11.4 Å². The van der Waals surface area contributed by atoms with Crippen LogP contribution >= 0.6 is 27.3 Å². The van der Waals surface area contributed by atoms with Crippen LogP contribution in [0.25, 0.3) is 10.4 Å². The predicted molar refractivity (Wildman–Crippen MR) is 165 cm³/mol. The number of halogens is 1. The number of sulfonamides is 1. The molecule has 42 heavy (non-hydrogen) atoms. The molecule has 1 aliphatic rings. The molecular weight excluding hydrogens is 648 g/mol. The van der Waals surface area contributed by atoms with Gasteiger partial charge in [-0.15, -0.1) is 11.3 Å². The number of hydrogen-bond acceptors (Lipinski definition) is 10. The Kier molecular flexibility index (Phi) is 10.3. The van der Waals surface area contributed by atoms with E-state index in [4.69, 9.17) is 14.2 Å². The molecule has 1 fully saturated rings. The smallest absolute Gasteiger partial charge is 0.351 e. The van der Waals surface area contributed by atoms with Crippen molar-refractivity contribution >= 4 is 54.9 Å². The summed E-state index contributed by atoms with van der Waals surface area (Å²) in [6.07, 6.45) is 6.30. The molecule has 1 aliphatic heterocycles. The van der Waals surface area contributed by atoms with Crippen molar-refractivity contribution in [3.8, 4) is 16.2 Å². The van der Waals surface area contributed by atoms with E-state index in [9.17, 15) is 18.0 Å². The summed E-state index contributed by atoms with van der Waals surface area (Å²) >= 11 is 4.67. The van der Waals surface area contributed by atoms with E-state index in [2.05, 4.69) is 26.2 Å². The summed E-state index contributed by atoms with van der Waals surface area (Å²) in [6, 6.07) is 6.99. The minimum absolute atomic E-state index is 0.0879. The first-order chi connectivity index (χ1) is 19.9. The van der Waals surface area contributed by atoms with Gasteiger partial charge in [0, 0.05) is 25.0 Å². The number of nitrogens with zero attached hydrogens (tertiary/aromatic N) is 3. The number of carbonyl (C=O) groups is 2. The summed E-state index contributed by atoms with van der Waals surface area (Å²) in [5, 5.41) is 3.30. The third kappa shape index (κ3) is 7.91. The number of benzene rings is 1. The SMILES string of the molecule is COC(=O)c1sc(-c2cccc(N(C3CCNCC3)S(=O)(=O)CCn3ccnc3)c2)c(Br)c1OCC(=O)OC(C)(C)C. The highest BCUT2D eigenvalue weighted by atomic mass is 79.9. The molecule has 0 saturated carbocycles. The van der Waals surface area contributed by atoms with E-state index in [-0.39, 0.29) is 29.0 Å². The first kappa shape index (κ1) is 32.0. The molecule has 0 unspecified atom stereocenters. The molecule has 14 heteroatoms. The number of aryl methyl sites for hydroxylation is 1. The highest BCUT2D eigenvalue weighted by Crippen LogP contribution is 2.46. The Bertz CT molecular complexity index is 1490. The van der Waals surface area contributed by atoms with E-state index in [0.717, 1.165) is 24.4 Å². The Hall–Kier alpha value is -2.94. The number of imidazole rings is 1. The number of aromatic nitrogens is 2. The number of hydrogen-bond donors (Lipinski definition) is 1. The normalized spacial score (nSPS) is 14.4. The molecular formula is C28H35BrN4O7S2. The van der Waals surface area contributed by atoms with Crippen molar-refractivity contribution in [3.05, 3.63) is 52.3 Å². The number of methoxy groups -OCH3 is 1. The number of thiophene rings is 1. The second kappa shape index (κ2) is 13.6. The van der Waals surface area contributed by atoms with Gasteiger partial charge in [-0.2, -0.15) is 0 Å². The third-order valence-corrected chi connectivity index (χ3v) is 10.4. The van der Waals surface area contributed by atoms with Gasteiger partial charge in [0.15, 0.2) is 17.2 Å². The molecule has 3 aromatic rings. The summed E-state index contributed by atoms with van der Waals surface area (Å²) < 4.78 is 47.4. The largest absolute Gasteiger partial charge is 0.479 e. The van der Waals surface area contributed by atoms with Gasteiger partial charge in [-0.25, -0.2) is 23.0 Å². The second-order valence-electron chi connectivity index (χ2n) is 10.7. The van der Waals surface area contributed by atoms with Crippen molar-refractivity contribution in [3.63, 3.8) is 0 Å². The topological polar surface area (TPSA) is 129 Å². The van der Waals surface area contributed by atoms with Crippen LogP contribution in [-0.4, -0.2) is 74.1 Å². The number of rotatable bonds is 11. The number of esters is 2. The Morgan fingerprint density at radius 1 is 1.24 bits per heavy atom. The maximum absolute atomic E-state index is 13.8. The molecule has 1 aromatic carbocycles. The van der Waals surface area contributed by atoms with Crippen molar-refractivity contribution in [2.24, 2.45) is 0 Å². The molecule has 0 radical (unpaired) electrons. The second-order valence-corrected chi connectivity index (χ2v) is 14.5. The molecule has 3 heterocycles. The highest BCUT2D eigenvalue weighted by molar-refractivity contribution is 9.10. The summed E-state index contributed by atoms with van der Waals surface area (Å²) in [5.74, 6) is -1.14. The van der Waals surface area contributed by atoms with Crippen LogP contribution in [0.3, 0.4) is 0 Å². The molecule has 1 saturated heterocycles. The highest BCUT2D eigenvalue weighted by Gasteiger charge is 2.32. The molecule has 0 bridgehead atoms. The molecule has 0 spiro atoms. The van der Waals surface area contributed by atoms with Gasteiger partial charge in [-0.1, -0.05) is 12.1 Å². The van der Waals surface area contributed by atoms with Crippen LogP contribution in [0, 0.1) is 0 Å². The summed E-state index contributed by atoms with van der Waals surface area (Å²) in [4.78, 5) is 29.8. The fourth-order valence-electron chi connectivity index (χ4n) is 4.60. The fourth-order valence-corrected chi connectivity index (χ4v) is 8.31. The van der Waals surface area contributed by atoms with E-state index < -0.39 is 34.2 Å². The van der Waals surface area contributed by atoms with Crippen LogP contribution in [-0.2, 0) is 30.8 Å². The maximum atomic E-state index is 13.8. The lowest BCUT2D eigenvalue weighted by atomic mass is 10.1. The van der Waals surface area contributed by atoms with Crippen molar-refractivity contribution in [2.75, 3.05) is 36.9 Å². The van der Waals surface area contributed by atoms with Gasteiger partial charge < -0.3 is 24.1 Å². The van der Waals surface area contributed by atoms with Crippen LogP contribution in [0.1, 0.15) is 43.3 Å². The van der Waals surface area contributed by atoms with Crippen molar-refractivity contribution < 1.29 is 32.2 Å². The molecule has 228 valence electrons. The predicted octanol–water partition coefficient (Wildman–Crippen LogP) is 4.47. The molecule has 1 N–H and O–H groups in total. The van der Waals surface area contributed by atoms with Gasteiger partial charge in [-0.3, -0.25) is 4.31 Å². The van der Waals surface area contributed by atoms with Gasteiger partial charge in [-0.05, 0) is 80.3 Å². The van der Waals surface area contributed by atoms with Gasteiger partial charge in [0.1, 0.15) is 5.60 Å². The molecule has 0 amide bonds. The quantitative estimate of drug-likeness (QED) is 0.291. The molecule has 4 rings (SSSR count). The zero-order valence-corrected chi connectivity index (χ0v) is 27.2. The molecule has 2 aromatic heterocycles. The Morgan fingerprint density at radius 3 is 2.62 bits per heavy atom. The van der Waals surface area contributed by atoms with E-state index in [1.54, 1.807) is 62.3 Å². The standard InChI is InChI=1S/C28H35BrN4O7S2/c1-28(2,3)40-22(34)17-39-24-23(29)25(41-26(24)27(35)38-4)19-6-5-7-21(16-19)33(20-8-10-30-11-9-20)42(36,37)15-14-32-13-12-31-18-32/h5-7,12-13,16,18,20,30H,8-11,14-15,17H2,1-4H3. The lowest BCUT2D eigenvalue weighted by molar-refractivity contribution is -0.157. The molecule has 0 atom stereocenters. The van der Waals surface area contributed by atoms with Gasteiger partial charge in [0.05, 0.1) is 34.2 Å². The zero-order valence-electron chi connectivity index (χ0n) is 24.0. The first-order valence-corrected chi connectivity index (χ1v) is 16.7. The van der Waals surface area contributed by atoms with Crippen LogP contribution < -0.4 is 14.4 Å². The summed E-state index contributed by atoms with van der Waals surface area (Å²) in [6.45, 7) is 6.56. The fraction of sp³-hybridized carbons (Fsp3) is 0.464. The van der Waals surface area contributed by atoms with Crippen LogP contribution in [0.15, 0.2) is 47.5 Å². The van der Waals surface area contributed by atoms with Gasteiger partial charge >= 0.3 is 11.9 Å². The van der Waals surface area contributed by atoms with Gasteiger partial charge in [0.25, 0.3) is 0 Å². The summed E-state index contributed by atoms with van der Waals surface area (Å²) in [7, 11) is -2.45. The number of ether oxygens (including phenoxy) is 3. The molecule has 0 aliphatic carbocycles.